The number of benzene rings is 1. The van der Waals surface area contributed by atoms with Crippen molar-refractivity contribution in [3.8, 4) is 0 Å². The Kier molecular flexibility index (Phi) is 4.52. The van der Waals surface area contributed by atoms with Gasteiger partial charge in [0.05, 0.1) is 0 Å². The highest BCUT2D eigenvalue weighted by Crippen LogP contribution is 2.40. The van der Waals surface area contributed by atoms with Crippen molar-refractivity contribution < 1.29 is 0 Å². The van der Waals surface area contributed by atoms with Crippen LogP contribution in [0.2, 0.25) is 0 Å². The van der Waals surface area contributed by atoms with E-state index in [0.29, 0.717) is 23.8 Å². The van der Waals surface area contributed by atoms with E-state index < -0.39 is 0 Å². The van der Waals surface area contributed by atoms with Crippen LogP contribution in [0.25, 0.3) is 0 Å². The van der Waals surface area contributed by atoms with Gasteiger partial charge in [-0.05, 0) is 31.2 Å². The number of hydrogen-bond donors (Lipinski definition) is 0. The third-order valence-electron chi connectivity index (χ3n) is 5.53. The fourth-order valence-corrected chi connectivity index (χ4v) is 3.98. The second-order valence-electron chi connectivity index (χ2n) is 6.73. The van der Waals surface area contributed by atoms with Crippen molar-refractivity contribution in [3.05, 3.63) is 72.5 Å². The fraction of sp³-hybridized carbons (Fsp3) is 0.429. The van der Waals surface area contributed by atoms with E-state index in [2.05, 4.69) is 80.0 Å². The molecule has 0 radical (unpaired) electrons. The SMILES string of the molecule is C=C1C([C@H](C)c2ccccc2)CCN1[C@@H](C)C1C=CC=CC1. The summed E-state index contributed by atoms with van der Waals surface area (Å²) < 4.78 is 0. The first-order valence-corrected chi connectivity index (χ1v) is 8.52. The van der Waals surface area contributed by atoms with Gasteiger partial charge in [0.15, 0.2) is 0 Å². The van der Waals surface area contributed by atoms with Crippen molar-refractivity contribution in [2.24, 2.45) is 11.8 Å². The molecule has 0 N–H and O–H groups in total. The van der Waals surface area contributed by atoms with Crippen LogP contribution in [-0.2, 0) is 0 Å². The van der Waals surface area contributed by atoms with Crippen LogP contribution < -0.4 is 0 Å². The summed E-state index contributed by atoms with van der Waals surface area (Å²) in [6, 6.07) is 11.4. The summed E-state index contributed by atoms with van der Waals surface area (Å²) in [6.07, 6.45) is 11.4. The Labute approximate surface area is 135 Å². The minimum absolute atomic E-state index is 0.543. The largest absolute Gasteiger partial charge is 0.372 e. The zero-order valence-corrected chi connectivity index (χ0v) is 13.8. The minimum atomic E-state index is 0.543. The fourth-order valence-electron chi connectivity index (χ4n) is 3.98. The molecule has 3 rings (SSSR count). The zero-order valence-electron chi connectivity index (χ0n) is 13.8. The lowest BCUT2D eigenvalue weighted by Crippen LogP contribution is -2.35. The van der Waals surface area contributed by atoms with Gasteiger partial charge in [-0.1, -0.05) is 68.1 Å². The Balaban J connectivity index is 1.69. The van der Waals surface area contributed by atoms with E-state index in [-0.39, 0.29) is 0 Å². The molecule has 1 aliphatic carbocycles. The van der Waals surface area contributed by atoms with E-state index in [1.165, 1.54) is 17.7 Å². The average molecular weight is 293 g/mol. The minimum Gasteiger partial charge on any atom is -0.372 e. The number of nitrogens with zero attached hydrogens (tertiary/aromatic N) is 1. The van der Waals surface area contributed by atoms with Gasteiger partial charge in [0.1, 0.15) is 0 Å². The smallest absolute Gasteiger partial charge is 0.0324 e. The second-order valence-corrected chi connectivity index (χ2v) is 6.73. The summed E-state index contributed by atoms with van der Waals surface area (Å²) in [5.41, 5.74) is 2.77. The normalized spacial score (nSPS) is 27.2. The number of rotatable bonds is 4. The summed E-state index contributed by atoms with van der Waals surface area (Å²) >= 11 is 0. The maximum absolute atomic E-state index is 4.46. The molecular weight excluding hydrogens is 266 g/mol. The van der Waals surface area contributed by atoms with Gasteiger partial charge in [-0.25, -0.2) is 0 Å². The van der Waals surface area contributed by atoms with Crippen LogP contribution in [0.15, 0.2) is 66.9 Å². The first-order chi connectivity index (χ1) is 10.7. The molecule has 0 aromatic heterocycles. The van der Waals surface area contributed by atoms with Crippen LogP contribution >= 0.6 is 0 Å². The molecule has 0 saturated carbocycles. The van der Waals surface area contributed by atoms with Crippen molar-refractivity contribution in [1.29, 1.82) is 0 Å². The van der Waals surface area contributed by atoms with E-state index in [4.69, 9.17) is 0 Å². The molecule has 0 spiro atoms. The molecule has 22 heavy (non-hydrogen) atoms. The monoisotopic (exact) mass is 293 g/mol. The summed E-state index contributed by atoms with van der Waals surface area (Å²) in [5.74, 6) is 1.74. The van der Waals surface area contributed by atoms with Crippen LogP contribution in [0.5, 0.6) is 0 Å². The van der Waals surface area contributed by atoms with Gasteiger partial charge in [-0.15, -0.1) is 0 Å². The maximum Gasteiger partial charge on any atom is 0.0324 e. The molecular formula is C21H27N. The van der Waals surface area contributed by atoms with Gasteiger partial charge >= 0.3 is 0 Å². The first-order valence-electron chi connectivity index (χ1n) is 8.52. The standard InChI is InChI=1S/C21H27N/c1-16(19-10-6-4-7-11-19)21-14-15-22(18(21)3)17(2)20-12-8-5-9-13-20/h4-12,16-17,20-21H,3,13-15H2,1-2H3/t16-,17+,20?,21?/m1/s1. The Morgan fingerprint density at radius 3 is 2.59 bits per heavy atom. The summed E-state index contributed by atoms with van der Waals surface area (Å²) in [6.45, 7) is 10.3. The lowest BCUT2D eigenvalue weighted by molar-refractivity contribution is 0.247. The van der Waals surface area contributed by atoms with Crippen LogP contribution in [0.1, 0.15) is 38.2 Å². The molecule has 1 heterocycles. The highest BCUT2D eigenvalue weighted by atomic mass is 15.2. The summed E-state index contributed by atoms with van der Waals surface area (Å²) in [4.78, 5) is 2.55. The molecule has 1 aromatic carbocycles. The summed E-state index contributed by atoms with van der Waals surface area (Å²) in [5, 5.41) is 0. The van der Waals surface area contributed by atoms with E-state index in [9.17, 15) is 0 Å². The molecule has 1 saturated heterocycles. The van der Waals surface area contributed by atoms with Crippen molar-refractivity contribution in [1.82, 2.24) is 4.90 Å². The molecule has 1 aliphatic heterocycles. The molecule has 0 bridgehead atoms. The summed E-state index contributed by atoms with van der Waals surface area (Å²) in [7, 11) is 0. The molecule has 2 aliphatic rings. The van der Waals surface area contributed by atoms with Crippen LogP contribution in [0.3, 0.4) is 0 Å². The predicted molar refractivity (Wildman–Crippen MR) is 94.7 cm³/mol. The highest BCUT2D eigenvalue weighted by molar-refractivity contribution is 5.24. The van der Waals surface area contributed by atoms with Gasteiger partial charge < -0.3 is 4.90 Å². The number of hydrogen-bond acceptors (Lipinski definition) is 1. The van der Waals surface area contributed by atoms with Crippen molar-refractivity contribution in [2.45, 2.75) is 38.6 Å². The molecule has 116 valence electrons. The van der Waals surface area contributed by atoms with Gasteiger partial charge in [0.25, 0.3) is 0 Å². The van der Waals surface area contributed by atoms with Crippen LogP contribution in [0.4, 0.5) is 0 Å². The van der Waals surface area contributed by atoms with Crippen molar-refractivity contribution in [3.63, 3.8) is 0 Å². The third kappa shape index (κ3) is 2.90. The second kappa shape index (κ2) is 6.56. The third-order valence-corrected chi connectivity index (χ3v) is 5.53. The van der Waals surface area contributed by atoms with Crippen molar-refractivity contribution >= 4 is 0 Å². The molecule has 1 fully saturated rings. The van der Waals surface area contributed by atoms with Crippen LogP contribution in [0, 0.1) is 11.8 Å². The van der Waals surface area contributed by atoms with Gasteiger partial charge in [-0.3, -0.25) is 0 Å². The van der Waals surface area contributed by atoms with E-state index in [0.717, 1.165) is 13.0 Å². The molecule has 1 aromatic rings. The van der Waals surface area contributed by atoms with E-state index >= 15 is 0 Å². The van der Waals surface area contributed by atoms with E-state index in [1.54, 1.807) is 0 Å². The Morgan fingerprint density at radius 2 is 1.91 bits per heavy atom. The van der Waals surface area contributed by atoms with Gasteiger partial charge in [0, 0.05) is 30.1 Å². The predicted octanol–water partition coefficient (Wildman–Crippen LogP) is 5.15. The Bertz CT molecular complexity index is 569. The molecule has 4 atom stereocenters. The topological polar surface area (TPSA) is 3.24 Å². The number of allylic oxidation sites excluding steroid dienone is 4. The molecule has 0 amide bonds. The molecule has 1 heteroatoms. The zero-order chi connectivity index (χ0) is 15.5. The quantitative estimate of drug-likeness (QED) is 0.742. The number of likely N-dealkylation sites (tertiary alicyclic amines) is 1. The lowest BCUT2D eigenvalue weighted by Gasteiger charge is -2.34. The molecule has 2 unspecified atom stereocenters. The average Bonchev–Trinajstić information content (AvgIpc) is 2.96. The van der Waals surface area contributed by atoms with Crippen molar-refractivity contribution in [2.75, 3.05) is 6.54 Å². The highest BCUT2D eigenvalue weighted by Gasteiger charge is 2.35. The molecule has 1 nitrogen and oxygen atoms in total. The van der Waals surface area contributed by atoms with Crippen LogP contribution in [-0.4, -0.2) is 17.5 Å². The lowest BCUT2D eigenvalue weighted by atomic mass is 9.85. The van der Waals surface area contributed by atoms with Gasteiger partial charge in [-0.2, -0.15) is 0 Å². The first kappa shape index (κ1) is 15.1. The van der Waals surface area contributed by atoms with E-state index in [1.807, 2.05) is 0 Å². The Morgan fingerprint density at radius 1 is 1.14 bits per heavy atom. The maximum atomic E-state index is 4.46. The van der Waals surface area contributed by atoms with Gasteiger partial charge in [0.2, 0.25) is 0 Å². The Hall–Kier alpha value is -1.76.